The van der Waals surface area contributed by atoms with Crippen LogP contribution in [0.25, 0.3) is 0 Å². The van der Waals surface area contributed by atoms with Crippen molar-refractivity contribution in [2.24, 2.45) is 11.8 Å². The first-order valence-corrected chi connectivity index (χ1v) is 17.6. The van der Waals surface area contributed by atoms with Gasteiger partial charge in [0, 0.05) is 50.7 Å². The molecule has 0 spiro atoms. The minimum atomic E-state index is -0.165. The summed E-state index contributed by atoms with van der Waals surface area (Å²) in [7, 11) is 0. The summed E-state index contributed by atoms with van der Waals surface area (Å²) in [6.45, 7) is 16.9. The first-order valence-electron chi connectivity index (χ1n) is 17.6. The van der Waals surface area contributed by atoms with Crippen molar-refractivity contribution in [1.29, 1.82) is 0 Å². The third-order valence-electron chi connectivity index (χ3n) is 11.2. The summed E-state index contributed by atoms with van der Waals surface area (Å²) in [6.07, 6.45) is 22.0. The van der Waals surface area contributed by atoms with Crippen molar-refractivity contribution in [2.75, 3.05) is 52.5 Å². The molecule has 42 heavy (non-hydrogen) atoms. The second-order valence-corrected chi connectivity index (χ2v) is 14.8. The van der Waals surface area contributed by atoms with Crippen LogP contribution in [0, 0.1) is 11.8 Å². The number of esters is 2. The molecule has 0 saturated carbocycles. The normalized spacial score (nSPS) is 31.4. The maximum absolute atomic E-state index is 12.0. The third kappa shape index (κ3) is 8.94. The average Bonchev–Trinajstić information content (AvgIpc) is 3.67. The van der Waals surface area contributed by atoms with Crippen LogP contribution in [0.3, 0.4) is 0 Å². The van der Waals surface area contributed by atoms with Crippen molar-refractivity contribution in [2.45, 2.75) is 130 Å². The van der Waals surface area contributed by atoms with Gasteiger partial charge in [0.25, 0.3) is 0 Å². The van der Waals surface area contributed by atoms with E-state index in [1.165, 1.54) is 138 Å². The lowest BCUT2D eigenvalue weighted by molar-refractivity contribution is -0.929. The molecule has 6 atom stereocenters. The molecule has 0 bridgehead atoms. The molecule has 4 rings (SSSR count). The number of carbonyl (C=O) groups excluding carboxylic acids is 2. The van der Waals surface area contributed by atoms with Crippen molar-refractivity contribution in [1.82, 2.24) is 0 Å². The average molecular weight is 587 g/mol. The Morgan fingerprint density at radius 3 is 1.33 bits per heavy atom. The lowest BCUT2D eigenvalue weighted by atomic mass is 9.99. The molecule has 6 heteroatoms. The Kier molecular flexibility index (Phi) is 12.6. The Hall–Kier alpha value is -1.66. The molecule has 0 N–H and O–H groups in total. The van der Waals surface area contributed by atoms with Gasteiger partial charge in [-0.2, -0.15) is 0 Å². The molecule has 0 aromatic heterocycles. The van der Waals surface area contributed by atoms with Crippen LogP contribution in [0.15, 0.2) is 23.3 Å². The number of unbranched alkanes of at least 4 members (excludes halogenated alkanes) is 7. The molecule has 0 radical (unpaired) electrons. The number of hydrogen-bond donors (Lipinski definition) is 0. The summed E-state index contributed by atoms with van der Waals surface area (Å²) < 4.78 is 13.9. The Morgan fingerprint density at radius 2 is 0.952 bits per heavy atom. The van der Waals surface area contributed by atoms with E-state index in [4.69, 9.17) is 9.47 Å². The zero-order valence-corrected chi connectivity index (χ0v) is 27.5. The van der Waals surface area contributed by atoms with Gasteiger partial charge in [-0.05, 0) is 53.4 Å². The van der Waals surface area contributed by atoms with Crippen molar-refractivity contribution >= 4 is 11.9 Å². The standard InChI is InChI=1S/C36H62N2O4/c1-29(2)25-35(39)41-27-31-17-23-37(21-13-15-33(31)37)19-11-9-7-5-6-8-10-12-20-38-22-14-16-34(38)32(18-24-38)28-42-36(40)26-30(3)4/h25-26,31-34H,5-24,27-28H2,1-4H3/q+2/t31-,32-,33+,34+,37?,38?/m0/s1. The molecule has 0 aromatic carbocycles. The molecule has 2 unspecified atom stereocenters. The van der Waals surface area contributed by atoms with E-state index in [1.54, 1.807) is 12.2 Å². The van der Waals surface area contributed by atoms with E-state index < -0.39 is 0 Å². The molecular weight excluding hydrogens is 524 g/mol. The SMILES string of the molecule is CC(C)=CC(=O)OC[C@@H]1CC[N+]2(CCCCCCCCCC[N+]34CCC[C@@H]3[C@H](COC(=O)C=C(C)C)CC4)CCC[C@H]12. The summed E-state index contributed by atoms with van der Waals surface area (Å²) in [5.74, 6) is 0.781. The van der Waals surface area contributed by atoms with Crippen molar-refractivity contribution in [3.8, 4) is 0 Å². The molecule has 4 aliphatic heterocycles. The lowest BCUT2D eigenvalue weighted by Gasteiger charge is -2.36. The number of nitrogens with zero attached hydrogens (tertiary/aromatic N) is 2. The molecular formula is C36H62N2O4+2. The van der Waals surface area contributed by atoms with E-state index in [0.717, 1.165) is 23.2 Å². The van der Waals surface area contributed by atoms with E-state index in [-0.39, 0.29) is 11.9 Å². The second-order valence-electron chi connectivity index (χ2n) is 14.8. The van der Waals surface area contributed by atoms with Gasteiger partial charge in [-0.15, -0.1) is 0 Å². The third-order valence-corrected chi connectivity index (χ3v) is 11.2. The number of rotatable bonds is 17. The summed E-state index contributed by atoms with van der Waals surface area (Å²) >= 11 is 0. The topological polar surface area (TPSA) is 52.6 Å². The highest BCUT2D eigenvalue weighted by molar-refractivity contribution is 5.82. The van der Waals surface area contributed by atoms with Gasteiger partial charge < -0.3 is 18.4 Å². The zero-order chi connectivity index (χ0) is 30.0. The molecule has 0 aliphatic carbocycles. The van der Waals surface area contributed by atoms with Crippen molar-refractivity contribution < 1.29 is 28.0 Å². The molecule has 238 valence electrons. The summed E-state index contributed by atoms with van der Waals surface area (Å²) in [5.41, 5.74) is 2.02. The molecule has 4 fully saturated rings. The molecule has 6 nitrogen and oxygen atoms in total. The largest absolute Gasteiger partial charge is 0.462 e. The quantitative estimate of drug-likeness (QED) is 0.0788. The first-order chi connectivity index (χ1) is 20.2. The van der Waals surface area contributed by atoms with Gasteiger partial charge >= 0.3 is 11.9 Å². The van der Waals surface area contributed by atoms with Crippen LogP contribution in [0.1, 0.15) is 118 Å². The molecule has 4 heterocycles. The fraction of sp³-hybridized carbons (Fsp3) is 0.833. The maximum Gasteiger partial charge on any atom is 0.330 e. The molecule has 0 aromatic rings. The van der Waals surface area contributed by atoms with Gasteiger partial charge in [-0.3, -0.25) is 0 Å². The van der Waals surface area contributed by atoms with E-state index in [0.29, 0.717) is 25.0 Å². The fourth-order valence-electron chi connectivity index (χ4n) is 9.28. The number of allylic oxidation sites excluding steroid dienone is 2. The Balaban J connectivity index is 1.04. The van der Waals surface area contributed by atoms with E-state index >= 15 is 0 Å². The number of ether oxygens (including phenoxy) is 2. The van der Waals surface area contributed by atoms with Crippen LogP contribution in [0.2, 0.25) is 0 Å². The Bertz CT molecular complexity index is 876. The van der Waals surface area contributed by atoms with Gasteiger partial charge in [0.05, 0.1) is 63.2 Å². The maximum atomic E-state index is 12.0. The van der Waals surface area contributed by atoms with E-state index in [9.17, 15) is 9.59 Å². The van der Waals surface area contributed by atoms with E-state index in [2.05, 4.69) is 0 Å². The number of fused-ring (bicyclic) bond motifs is 2. The summed E-state index contributed by atoms with van der Waals surface area (Å²) in [5, 5.41) is 0. The van der Waals surface area contributed by atoms with E-state index in [1.807, 2.05) is 27.7 Å². The van der Waals surface area contributed by atoms with Crippen LogP contribution in [0.5, 0.6) is 0 Å². The van der Waals surface area contributed by atoms with Gasteiger partial charge in [0.2, 0.25) is 0 Å². The monoisotopic (exact) mass is 586 g/mol. The van der Waals surface area contributed by atoms with Crippen LogP contribution in [-0.2, 0) is 19.1 Å². The van der Waals surface area contributed by atoms with Crippen LogP contribution in [0.4, 0.5) is 0 Å². The lowest BCUT2D eigenvalue weighted by Crippen LogP contribution is -2.49. The predicted molar refractivity (Wildman–Crippen MR) is 170 cm³/mol. The minimum Gasteiger partial charge on any atom is -0.462 e. The van der Waals surface area contributed by atoms with Crippen LogP contribution in [-0.4, -0.2) is 85.5 Å². The van der Waals surface area contributed by atoms with Crippen LogP contribution < -0.4 is 0 Å². The predicted octanol–water partition coefficient (Wildman–Crippen LogP) is 7.12. The van der Waals surface area contributed by atoms with Gasteiger partial charge in [-0.1, -0.05) is 36.8 Å². The number of quaternary nitrogens is 2. The first kappa shape index (κ1) is 33.2. The summed E-state index contributed by atoms with van der Waals surface area (Å²) in [4.78, 5) is 24.0. The van der Waals surface area contributed by atoms with Crippen molar-refractivity contribution in [3.05, 3.63) is 23.3 Å². The number of carbonyl (C=O) groups is 2. The second kappa shape index (κ2) is 15.9. The Labute approximate surface area is 257 Å². The molecule has 4 saturated heterocycles. The highest BCUT2D eigenvalue weighted by atomic mass is 16.5. The number of hydrogen-bond acceptors (Lipinski definition) is 4. The summed E-state index contributed by atoms with van der Waals surface area (Å²) in [6, 6.07) is 1.43. The fourth-order valence-corrected chi connectivity index (χ4v) is 9.28. The smallest absolute Gasteiger partial charge is 0.330 e. The van der Waals surface area contributed by atoms with Gasteiger partial charge in [-0.25, -0.2) is 9.59 Å². The van der Waals surface area contributed by atoms with Gasteiger partial charge in [0.1, 0.15) is 13.2 Å². The van der Waals surface area contributed by atoms with Crippen LogP contribution >= 0.6 is 0 Å². The Morgan fingerprint density at radius 1 is 0.571 bits per heavy atom. The highest BCUT2D eigenvalue weighted by Gasteiger charge is 2.52. The van der Waals surface area contributed by atoms with Gasteiger partial charge in [0.15, 0.2) is 0 Å². The highest BCUT2D eigenvalue weighted by Crippen LogP contribution is 2.42. The minimum absolute atomic E-state index is 0.165. The molecule has 4 aliphatic rings. The molecule has 0 amide bonds. The van der Waals surface area contributed by atoms with Crippen molar-refractivity contribution in [3.63, 3.8) is 0 Å². The zero-order valence-electron chi connectivity index (χ0n) is 27.5.